The molecule has 1 fully saturated rings. The Kier molecular flexibility index (Phi) is 3.43. The van der Waals surface area contributed by atoms with Crippen molar-refractivity contribution in [3.05, 3.63) is 39.4 Å². The molecule has 1 aromatic rings. The molecule has 4 nitrogen and oxygen atoms in total. The normalized spacial score (nSPS) is 23.2. The first kappa shape index (κ1) is 12.0. The van der Waals surface area contributed by atoms with Gasteiger partial charge in [-0.3, -0.25) is 10.1 Å². The maximum Gasteiger partial charge on any atom is 0.269 e. The van der Waals surface area contributed by atoms with Gasteiger partial charge in [0.2, 0.25) is 0 Å². The second-order valence-corrected chi connectivity index (χ2v) is 4.72. The lowest BCUT2D eigenvalue weighted by molar-refractivity contribution is -0.385. The largest absolute Gasteiger partial charge is 0.314 e. The van der Waals surface area contributed by atoms with Crippen LogP contribution in [0.25, 0.3) is 0 Å². The number of hydrogen-bond acceptors (Lipinski definition) is 3. The highest BCUT2D eigenvalue weighted by Crippen LogP contribution is 2.39. The molecular formula is C13H18N2O2. The third kappa shape index (κ3) is 2.47. The minimum absolute atomic E-state index is 0.206. The zero-order valence-corrected chi connectivity index (χ0v) is 10.3. The van der Waals surface area contributed by atoms with Gasteiger partial charge in [0.1, 0.15) is 0 Å². The van der Waals surface area contributed by atoms with Crippen molar-refractivity contribution < 1.29 is 4.92 Å². The molecule has 0 radical (unpaired) electrons. The summed E-state index contributed by atoms with van der Waals surface area (Å²) in [5.74, 6) is 0.485. The van der Waals surface area contributed by atoms with E-state index in [-0.39, 0.29) is 10.6 Å². The van der Waals surface area contributed by atoms with E-state index in [1.807, 2.05) is 13.0 Å². The molecule has 0 heterocycles. The van der Waals surface area contributed by atoms with Gasteiger partial charge in [-0.1, -0.05) is 13.0 Å². The van der Waals surface area contributed by atoms with Crippen LogP contribution < -0.4 is 5.32 Å². The Hall–Kier alpha value is -1.42. The van der Waals surface area contributed by atoms with Crippen LogP contribution in [0, 0.1) is 17.0 Å². The number of nitro groups is 1. The predicted molar refractivity (Wildman–Crippen MR) is 67.3 cm³/mol. The van der Waals surface area contributed by atoms with Crippen LogP contribution in [-0.4, -0.2) is 17.5 Å². The third-order valence-electron chi connectivity index (χ3n) is 3.54. The fraction of sp³-hybridized carbons (Fsp3) is 0.538. The average Bonchev–Trinajstić information content (AvgIpc) is 2.24. The summed E-state index contributed by atoms with van der Waals surface area (Å²) < 4.78 is 0. The Morgan fingerprint density at radius 3 is 2.76 bits per heavy atom. The first-order chi connectivity index (χ1) is 8.11. The van der Waals surface area contributed by atoms with Crippen LogP contribution in [0.2, 0.25) is 0 Å². The van der Waals surface area contributed by atoms with Crippen molar-refractivity contribution in [1.82, 2.24) is 5.32 Å². The molecule has 17 heavy (non-hydrogen) atoms. The molecule has 4 heteroatoms. The SMILES string of the molecule is CCNC1CC(c2cc([N+](=O)[O-])ccc2C)C1. The highest BCUT2D eigenvalue weighted by atomic mass is 16.6. The molecule has 1 N–H and O–H groups in total. The summed E-state index contributed by atoms with van der Waals surface area (Å²) in [4.78, 5) is 10.4. The minimum atomic E-state index is -0.316. The van der Waals surface area contributed by atoms with Crippen molar-refractivity contribution >= 4 is 5.69 Å². The molecule has 0 aromatic heterocycles. The number of nitrogens with one attached hydrogen (secondary N) is 1. The van der Waals surface area contributed by atoms with Gasteiger partial charge in [0.25, 0.3) is 5.69 Å². The van der Waals surface area contributed by atoms with E-state index in [2.05, 4.69) is 12.2 Å². The van der Waals surface area contributed by atoms with Crippen LogP contribution in [0.5, 0.6) is 0 Å². The molecule has 0 bridgehead atoms. The van der Waals surface area contributed by atoms with Gasteiger partial charge in [-0.2, -0.15) is 0 Å². The summed E-state index contributed by atoms with van der Waals surface area (Å²) in [6.07, 6.45) is 2.19. The van der Waals surface area contributed by atoms with Gasteiger partial charge in [-0.15, -0.1) is 0 Å². The Bertz CT molecular complexity index is 425. The predicted octanol–water partition coefficient (Wildman–Crippen LogP) is 2.76. The second kappa shape index (κ2) is 4.84. The minimum Gasteiger partial charge on any atom is -0.314 e. The number of nitrogens with zero attached hydrogens (tertiary/aromatic N) is 1. The van der Waals surface area contributed by atoms with E-state index in [1.54, 1.807) is 12.1 Å². The molecule has 1 saturated carbocycles. The zero-order chi connectivity index (χ0) is 12.4. The Morgan fingerprint density at radius 2 is 2.18 bits per heavy atom. The molecule has 1 aliphatic rings. The molecule has 2 rings (SSSR count). The van der Waals surface area contributed by atoms with E-state index in [0.717, 1.165) is 30.5 Å². The second-order valence-electron chi connectivity index (χ2n) is 4.72. The Balaban J connectivity index is 2.11. The van der Waals surface area contributed by atoms with Crippen LogP contribution in [0.4, 0.5) is 5.69 Å². The lowest BCUT2D eigenvalue weighted by Crippen LogP contribution is -2.40. The van der Waals surface area contributed by atoms with Crippen molar-refractivity contribution in [3.63, 3.8) is 0 Å². The van der Waals surface area contributed by atoms with E-state index in [9.17, 15) is 10.1 Å². The lowest BCUT2D eigenvalue weighted by Gasteiger charge is -2.36. The summed E-state index contributed by atoms with van der Waals surface area (Å²) in [5.41, 5.74) is 2.52. The fourth-order valence-electron chi connectivity index (χ4n) is 2.51. The number of non-ortho nitro benzene ring substituents is 1. The van der Waals surface area contributed by atoms with Gasteiger partial charge in [-0.05, 0) is 43.4 Å². The first-order valence-corrected chi connectivity index (χ1v) is 6.10. The number of nitro benzene ring substituents is 1. The number of benzene rings is 1. The molecule has 0 saturated heterocycles. The lowest BCUT2D eigenvalue weighted by atomic mass is 9.74. The molecule has 0 atom stereocenters. The van der Waals surface area contributed by atoms with E-state index in [1.165, 1.54) is 0 Å². The quantitative estimate of drug-likeness (QED) is 0.643. The maximum atomic E-state index is 10.8. The number of aryl methyl sites for hydroxylation is 1. The number of rotatable bonds is 4. The van der Waals surface area contributed by atoms with Crippen molar-refractivity contribution in [2.24, 2.45) is 0 Å². The highest BCUT2D eigenvalue weighted by molar-refractivity contribution is 5.42. The average molecular weight is 234 g/mol. The Morgan fingerprint density at radius 1 is 1.47 bits per heavy atom. The summed E-state index contributed by atoms with van der Waals surface area (Å²) in [6.45, 7) is 5.12. The highest BCUT2D eigenvalue weighted by Gasteiger charge is 2.31. The van der Waals surface area contributed by atoms with Crippen molar-refractivity contribution in [2.45, 2.75) is 38.6 Å². The fourth-order valence-corrected chi connectivity index (χ4v) is 2.51. The Labute approximate surface area is 101 Å². The molecule has 0 aliphatic heterocycles. The summed E-state index contributed by atoms with van der Waals surface area (Å²) in [5, 5.41) is 14.2. The van der Waals surface area contributed by atoms with Crippen molar-refractivity contribution in [3.8, 4) is 0 Å². The van der Waals surface area contributed by atoms with Crippen LogP contribution in [0.3, 0.4) is 0 Å². The van der Waals surface area contributed by atoms with Crippen LogP contribution in [-0.2, 0) is 0 Å². The molecule has 92 valence electrons. The van der Waals surface area contributed by atoms with Gasteiger partial charge in [0, 0.05) is 18.2 Å². The molecule has 1 aromatic carbocycles. The molecule has 0 amide bonds. The first-order valence-electron chi connectivity index (χ1n) is 6.10. The summed E-state index contributed by atoms with van der Waals surface area (Å²) in [6, 6.07) is 5.76. The van der Waals surface area contributed by atoms with Crippen LogP contribution in [0.1, 0.15) is 36.8 Å². The van der Waals surface area contributed by atoms with E-state index >= 15 is 0 Å². The van der Waals surface area contributed by atoms with Gasteiger partial charge in [0.15, 0.2) is 0 Å². The van der Waals surface area contributed by atoms with Gasteiger partial charge in [0.05, 0.1) is 4.92 Å². The molecular weight excluding hydrogens is 216 g/mol. The monoisotopic (exact) mass is 234 g/mol. The molecule has 0 unspecified atom stereocenters. The van der Waals surface area contributed by atoms with Crippen LogP contribution >= 0.6 is 0 Å². The van der Waals surface area contributed by atoms with E-state index in [0.29, 0.717) is 12.0 Å². The molecule has 0 spiro atoms. The van der Waals surface area contributed by atoms with E-state index in [4.69, 9.17) is 0 Å². The standard InChI is InChI=1S/C13H18N2O2/c1-3-14-11-6-10(7-11)13-8-12(15(16)17)5-4-9(13)2/h4-5,8,10-11,14H,3,6-7H2,1-2H3. The van der Waals surface area contributed by atoms with Crippen molar-refractivity contribution in [1.29, 1.82) is 0 Å². The van der Waals surface area contributed by atoms with E-state index < -0.39 is 0 Å². The zero-order valence-electron chi connectivity index (χ0n) is 10.3. The van der Waals surface area contributed by atoms with Crippen molar-refractivity contribution in [2.75, 3.05) is 6.54 Å². The third-order valence-corrected chi connectivity index (χ3v) is 3.54. The molecule has 1 aliphatic carbocycles. The van der Waals surface area contributed by atoms with Gasteiger partial charge >= 0.3 is 0 Å². The topological polar surface area (TPSA) is 55.2 Å². The maximum absolute atomic E-state index is 10.8. The number of hydrogen-bond donors (Lipinski definition) is 1. The van der Waals surface area contributed by atoms with Crippen LogP contribution in [0.15, 0.2) is 18.2 Å². The van der Waals surface area contributed by atoms with Gasteiger partial charge in [-0.25, -0.2) is 0 Å². The smallest absolute Gasteiger partial charge is 0.269 e. The van der Waals surface area contributed by atoms with Gasteiger partial charge < -0.3 is 5.32 Å². The summed E-state index contributed by atoms with van der Waals surface area (Å²) in [7, 11) is 0. The summed E-state index contributed by atoms with van der Waals surface area (Å²) >= 11 is 0.